The summed E-state index contributed by atoms with van der Waals surface area (Å²) in [5, 5.41) is 2.57. The third kappa shape index (κ3) is 3.70. The zero-order valence-electron chi connectivity index (χ0n) is 10.1. The van der Waals surface area contributed by atoms with E-state index >= 15 is 0 Å². The average molecular weight is 283 g/mol. The van der Waals surface area contributed by atoms with Gasteiger partial charge in [-0.3, -0.25) is 0 Å². The highest BCUT2D eigenvalue weighted by Crippen LogP contribution is 2.26. The molecule has 0 fully saturated rings. The highest BCUT2D eigenvalue weighted by Gasteiger charge is 2.05. The molecule has 0 saturated carbocycles. The average Bonchev–Trinajstić information content (AvgIpc) is 2.80. The van der Waals surface area contributed by atoms with Crippen LogP contribution in [0.4, 0.5) is 0 Å². The van der Waals surface area contributed by atoms with Crippen molar-refractivity contribution in [2.75, 3.05) is 0 Å². The molecular formula is C13H15ClN2OS. The van der Waals surface area contributed by atoms with Gasteiger partial charge in [-0.15, -0.1) is 11.3 Å². The molecular weight excluding hydrogens is 268 g/mol. The van der Waals surface area contributed by atoms with Crippen LogP contribution in [0.2, 0.25) is 5.02 Å². The summed E-state index contributed by atoms with van der Waals surface area (Å²) in [6.07, 6.45) is 0.812. The molecule has 1 aromatic heterocycles. The lowest BCUT2D eigenvalue weighted by atomic mass is 10.1. The summed E-state index contributed by atoms with van der Waals surface area (Å²) in [4.78, 5) is 4.15. The highest BCUT2D eigenvalue weighted by molar-refractivity contribution is 7.07. The van der Waals surface area contributed by atoms with E-state index in [1.54, 1.807) is 16.8 Å². The van der Waals surface area contributed by atoms with Crippen molar-refractivity contribution in [3.05, 3.63) is 45.4 Å². The first-order valence-corrected chi connectivity index (χ1v) is 7.01. The molecule has 2 rings (SSSR count). The fourth-order valence-corrected chi connectivity index (χ4v) is 2.42. The lowest BCUT2D eigenvalue weighted by molar-refractivity contribution is 0.302. The maximum absolute atomic E-state index is 6.17. The van der Waals surface area contributed by atoms with Gasteiger partial charge in [0.25, 0.3) is 0 Å². The van der Waals surface area contributed by atoms with Crippen LogP contribution in [0.15, 0.2) is 29.1 Å². The molecule has 0 spiro atoms. The van der Waals surface area contributed by atoms with Crippen LogP contribution in [0.1, 0.15) is 18.2 Å². The molecule has 1 unspecified atom stereocenters. The molecule has 1 aromatic carbocycles. The van der Waals surface area contributed by atoms with Crippen molar-refractivity contribution >= 4 is 22.9 Å². The number of thiazole rings is 1. The van der Waals surface area contributed by atoms with Gasteiger partial charge >= 0.3 is 0 Å². The van der Waals surface area contributed by atoms with Gasteiger partial charge in [0.05, 0.1) is 16.2 Å². The predicted octanol–water partition coefficient (Wildman–Crippen LogP) is 3.27. The lowest BCUT2D eigenvalue weighted by Gasteiger charge is -2.10. The van der Waals surface area contributed by atoms with E-state index in [0.717, 1.165) is 17.7 Å². The van der Waals surface area contributed by atoms with Gasteiger partial charge in [0.2, 0.25) is 0 Å². The highest BCUT2D eigenvalue weighted by atomic mass is 35.5. The number of hydrogen-bond donors (Lipinski definition) is 1. The largest absolute Gasteiger partial charge is 0.486 e. The molecule has 2 N–H and O–H groups in total. The Hall–Kier alpha value is -1.10. The number of nitrogens with two attached hydrogens (primary N) is 1. The van der Waals surface area contributed by atoms with E-state index in [1.807, 2.05) is 30.5 Å². The Kier molecular flexibility index (Phi) is 4.58. The Bertz CT molecular complexity index is 500. The minimum absolute atomic E-state index is 0.128. The van der Waals surface area contributed by atoms with E-state index in [0.29, 0.717) is 17.4 Å². The third-order valence-electron chi connectivity index (χ3n) is 2.41. The van der Waals surface area contributed by atoms with Gasteiger partial charge in [0, 0.05) is 11.4 Å². The van der Waals surface area contributed by atoms with E-state index in [9.17, 15) is 0 Å². The molecule has 2 aromatic rings. The Morgan fingerprint density at radius 3 is 2.94 bits per heavy atom. The van der Waals surface area contributed by atoms with Gasteiger partial charge in [-0.1, -0.05) is 17.7 Å². The van der Waals surface area contributed by atoms with Crippen molar-refractivity contribution in [1.29, 1.82) is 0 Å². The molecule has 0 radical (unpaired) electrons. The van der Waals surface area contributed by atoms with Gasteiger partial charge in [-0.25, -0.2) is 4.98 Å². The van der Waals surface area contributed by atoms with Crippen LogP contribution in [0.25, 0.3) is 0 Å². The molecule has 3 nitrogen and oxygen atoms in total. The first kappa shape index (κ1) is 13.3. The second kappa shape index (κ2) is 6.18. The lowest BCUT2D eigenvalue weighted by Crippen LogP contribution is -2.17. The number of nitrogens with zero attached hydrogens (tertiary/aromatic N) is 1. The standard InChI is InChI=1S/C13H15ClN2OS/c1-9(15)4-10-2-3-13(12(14)5-10)17-6-11-7-18-8-16-11/h2-3,5,7-9H,4,6,15H2,1H3. The summed E-state index contributed by atoms with van der Waals surface area (Å²) in [7, 11) is 0. The molecule has 0 amide bonds. The summed E-state index contributed by atoms with van der Waals surface area (Å²) >= 11 is 7.72. The molecule has 1 atom stereocenters. The van der Waals surface area contributed by atoms with Crippen LogP contribution < -0.4 is 10.5 Å². The molecule has 18 heavy (non-hydrogen) atoms. The van der Waals surface area contributed by atoms with E-state index in [2.05, 4.69) is 4.98 Å². The molecule has 0 aliphatic carbocycles. The Morgan fingerprint density at radius 2 is 2.33 bits per heavy atom. The normalized spacial score (nSPS) is 12.4. The van der Waals surface area contributed by atoms with E-state index in [4.69, 9.17) is 22.1 Å². The maximum atomic E-state index is 6.17. The number of ether oxygens (including phenoxy) is 1. The van der Waals surface area contributed by atoms with E-state index < -0.39 is 0 Å². The molecule has 5 heteroatoms. The van der Waals surface area contributed by atoms with Gasteiger partial charge in [-0.2, -0.15) is 0 Å². The minimum atomic E-state index is 0.128. The number of benzene rings is 1. The molecule has 1 heterocycles. The van der Waals surface area contributed by atoms with E-state index in [1.165, 1.54) is 0 Å². The fraction of sp³-hybridized carbons (Fsp3) is 0.308. The summed E-state index contributed by atoms with van der Waals surface area (Å²) in [6.45, 7) is 2.41. The Morgan fingerprint density at radius 1 is 1.50 bits per heavy atom. The summed E-state index contributed by atoms with van der Waals surface area (Å²) in [5.74, 6) is 0.679. The van der Waals surface area contributed by atoms with Crippen molar-refractivity contribution in [2.24, 2.45) is 5.73 Å². The second-order valence-corrected chi connectivity index (χ2v) is 5.34. The maximum Gasteiger partial charge on any atom is 0.138 e. The number of hydrogen-bond acceptors (Lipinski definition) is 4. The topological polar surface area (TPSA) is 48.1 Å². The monoisotopic (exact) mass is 282 g/mol. The molecule has 0 saturated heterocycles. The summed E-state index contributed by atoms with van der Waals surface area (Å²) in [6, 6.07) is 5.90. The van der Waals surface area contributed by atoms with Crippen molar-refractivity contribution in [3.63, 3.8) is 0 Å². The van der Waals surface area contributed by atoms with E-state index in [-0.39, 0.29) is 6.04 Å². The number of rotatable bonds is 5. The van der Waals surface area contributed by atoms with Crippen LogP contribution in [0.5, 0.6) is 5.75 Å². The first-order valence-electron chi connectivity index (χ1n) is 5.69. The Balaban J connectivity index is 2.01. The van der Waals surface area contributed by atoms with Crippen molar-refractivity contribution in [2.45, 2.75) is 26.0 Å². The van der Waals surface area contributed by atoms with Crippen LogP contribution in [0.3, 0.4) is 0 Å². The smallest absolute Gasteiger partial charge is 0.138 e. The Labute approximate surface area is 116 Å². The zero-order chi connectivity index (χ0) is 13.0. The first-order chi connectivity index (χ1) is 8.65. The second-order valence-electron chi connectivity index (χ2n) is 4.21. The molecule has 0 bridgehead atoms. The van der Waals surface area contributed by atoms with Crippen LogP contribution in [-0.2, 0) is 13.0 Å². The van der Waals surface area contributed by atoms with Crippen LogP contribution >= 0.6 is 22.9 Å². The molecule has 96 valence electrons. The van der Waals surface area contributed by atoms with Crippen LogP contribution in [0, 0.1) is 0 Å². The quantitative estimate of drug-likeness (QED) is 0.916. The van der Waals surface area contributed by atoms with Gasteiger partial charge in [0.1, 0.15) is 12.4 Å². The SMILES string of the molecule is CC(N)Cc1ccc(OCc2cscn2)c(Cl)c1. The summed E-state index contributed by atoms with van der Waals surface area (Å²) in [5.41, 5.74) is 9.57. The minimum Gasteiger partial charge on any atom is -0.486 e. The van der Waals surface area contributed by atoms with Crippen LogP contribution in [-0.4, -0.2) is 11.0 Å². The van der Waals surface area contributed by atoms with Crippen molar-refractivity contribution in [3.8, 4) is 5.75 Å². The van der Waals surface area contributed by atoms with Gasteiger partial charge in [0.15, 0.2) is 0 Å². The fourth-order valence-electron chi connectivity index (χ4n) is 1.62. The zero-order valence-corrected chi connectivity index (χ0v) is 11.7. The predicted molar refractivity (Wildman–Crippen MR) is 75.3 cm³/mol. The van der Waals surface area contributed by atoms with Gasteiger partial charge in [-0.05, 0) is 31.0 Å². The van der Waals surface area contributed by atoms with Gasteiger partial charge < -0.3 is 10.5 Å². The number of aromatic nitrogens is 1. The van der Waals surface area contributed by atoms with Crippen molar-refractivity contribution < 1.29 is 4.74 Å². The van der Waals surface area contributed by atoms with Crippen molar-refractivity contribution in [1.82, 2.24) is 4.98 Å². The third-order valence-corrected chi connectivity index (χ3v) is 3.34. The summed E-state index contributed by atoms with van der Waals surface area (Å²) < 4.78 is 5.62. The molecule has 0 aliphatic rings. The molecule has 0 aliphatic heterocycles. The number of halogens is 1.